The summed E-state index contributed by atoms with van der Waals surface area (Å²) in [6.45, 7) is 5.40. The van der Waals surface area contributed by atoms with Crippen molar-refractivity contribution >= 4 is 5.69 Å². The third-order valence-corrected chi connectivity index (χ3v) is 2.96. The van der Waals surface area contributed by atoms with E-state index in [1.54, 1.807) is 13.8 Å². The molecule has 1 aromatic carbocycles. The van der Waals surface area contributed by atoms with Crippen molar-refractivity contribution in [3.63, 3.8) is 0 Å². The summed E-state index contributed by atoms with van der Waals surface area (Å²) in [6, 6.07) is 3.96. The van der Waals surface area contributed by atoms with Crippen molar-refractivity contribution in [2.45, 2.75) is 32.4 Å². The lowest BCUT2D eigenvalue weighted by Gasteiger charge is -2.24. The van der Waals surface area contributed by atoms with Gasteiger partial charge in [0.05, 0.1) is 5.60 Å². The molecule has 0 saturated heterocycles. The van der Waals surface area contributed by atoms with Gasteiger partial charge in [-0.1, -0.05) is 6.07 Å². The molecule has 82 valence electrons. The summed E-state index contributed by atoms with van der Waals surface area (Å²) in [7, 11) is 0. The van der Waals surface area contributed by atoms with Gasteiger partial charge in [0.15, 0.2) is 0 Å². The summed E-state index contributed by atoms with van der Waals surface area (Å²) < 4.78 is 0. The molecule has 0 fully saturated rings. The van der Waals surface area contributed by atoms with Crippen LogP contribution in [0.5, 0.6) is 0 Å². The van der Waals surface area contributed by atoms with Crippen LogP contribution in [0.25, 0.3) is 0 Å². The van der Waals surface area contributed by atoms with Gasteiger partial charge in [-0.05, 0) is 49.6 Å². The maximum absolute atomic E-state index is 9.94. The first-order valence-electron chi connectivity index (χ1n) is 5.33. The number of hydrogen-bond donors (Lipinski definition) is 3. The Kier molecular flexibility index (Phi) is 2.44. The number of benzene rings is 1. The summed E-state index contributed by atoms with van der Waals surface area (Å²) in [5, 5.41) is 13.2. The van der Waals surface area contributed by atoms with Crippen molar-refractivity contribution in [1.29, 1.82) is 0 Å². The van der Waals surface area contributed by atoms with Crippen LogP contribution in [0.15, 0.2) is 12.1 Å². The van der Waals surface area contributed by atoms with Crippen molar-refractivity contribution < 1.29 is 5.11 Å². The highest BCUT2D eigenvalue weighted by Crippen LogP contribution is 2.28. The predicted molar refractivity (Wildman–Crippen MR) is 61.5 cm³/mol. The van der Waals surface area contributed by atoms with E-state index in [2.05, 4.69) is 11.4 Å². The van der Waals surface area contributed by atoms with Crippen molar-refractivity contribution in [3.05, 3.63) is 28.8 Å². The van der Waals surface area contributed by atoms with Gasteiger partial charge in [-0.3, -0.25) is 0 Å². The summed E-state index contributed by atoms with van der Waals surface area (Å²) in [6.07, 6.45) is 0.990. The van der Waals surface area contributed by atoms with Crippen LogP contribution in [0, 0.1) is 0 Å². The van der Waals surface area contributed by atoms with Crippen molar-refractivity contribution in [2.24, 2.45) is 0 Å². The summed E-state index contributed by atoms with van der Waals surface area (Å²) >= 11 is 0. The zero-order chi connectivity index (χ0) is 11.1. The normalized spacial score (nSPS) is 16.2. The average molecular weight is 206 g/mol. The minimum Gasteiger partial charge on any atom is -0.398 e. The molecule has 0 aromatic heterocycles. The minimum atomic E-state index is -0.811. The Morgan fingerprint density at radius 2 is 2.13 bits per heavy atom. The van der Waals surface area contributed by atoms with Gasteiger partial charge in [0, 0.05) is 12.2 Å². The Morgan fingerprint density at radius 3 is 2.80 bits per heavy atom. The molecule has 3 nitrogen and oxygen atoms in total. The van der Waals surface area contributed by atoms with Gasteiger partial charge in [0.25, 0.3) is 0 Å². The number of aliphatic hydroxyl groups is 1. The molecule has 0 bridgehead atoms. The van der Waals surface area contributed by atoms with Crippen molar-refractivity contribution in [3.8, 4) is 0 Å². The first kappa shape index (κ1) is 10.5. The number of nitrogens with two attached hydrogens (primary N) is 1. The van der Waals surface area contributed by atoms with Crippen LogP contribution in [-0.2, 0) is 18.6 Å². The van der Waals surface area contributed by atoms with Gasteiger partial charge in [-0.15, -0.1) is 0 Å². The van der Waals surface area contributed by atoms with Crippen LogP contribution < -0.4 is 11.1 Å². The molecule has 1 aromatic rings. The van der Waals surface area contributed by atoms with Crippen LogP contribution in [0.3, 0.4) is 0 Å². The van der Waals surface area contributed by atoms with E-state index in [1.165, 1.54) is 11.1 Å². The lowest BCUT2D eigenvalue weighted by molar-refractivity contribution is 0.0785. The number of nitrogen functional groups attached to an aromatic ring is 1. The Morgan fingerprint density at radius 1 is 1.40 bits per heavy atom. The zero-order valence-electron chi connectivity index (χ0n) is 9.30. The fourth-order valence-electron chi connectivity index (χ4n) is 1.98. The zero-order valence-corrected chi connectivity index (χ0v) is 9.30. The first-order chi connectivity index (χ1) is 6.98. The highest BCUT2D eigenvalue weighted by atomic mass is 16.3. The second-order valence-electron chi connectivity index (χ2n) is 4.69. The Balaban J connectivity index is 2.50. The quantitative estimate of drug-likeness (QED) is 0.604. The largest absolute Gasteiger partial charge is 0.398 e. The fourth-order valence-corrected chi connectivity index (χ4v) is 1.98. The molecule has 0 aliphatic carbocycles. The lowest BCUT2D eigenvalue weighted by atomic mass is 9.90. The molecule has 3 heteroatoms. The van der Waals surface area contributed by atoms with E-state index in [4.69, 9.17) is 5.73 Å². The molecule has 0 unspecified atom stereocenters. The van der Waals surface area contributed by atoms with Crippen LogP contribution in [0.4, 0.5) is 5.69 Å². The third kappa shape index (κ3) is 1.98. The molecule has 2 rings (SSSR count). The monoisotopic (exact) mass is 206 g/mol. The summed E-state index contributed by atoms with van der Waals surface area (Å²) in [5.41, 5.74) is 9.33. The maximum Gasteiger partial charge on any atom is 0.0841 e. The van der Waals surface area contributed by atoms with Gasteiger partial charge < -0.3 is 16.2 Å². The van der Waals surface area contributed by atoms with Gasteiger partial charge in [0.2, 0.25) is 0 Å². The Labute approximate surface area is 90.3 Å². The van der Waals surface area contributed by atoms with Crippen molar-refractivity contribution in [2.75, 3.05) is 12.3 Å². The van der Waals surface area contributed by atoms with Gasteiger partial charge in [-0.2, -0.15) is 0 Å². The standard InChI is InChI=1S/C12H18N2O/c1-12(2,15)9-5-8-3-4-14-7-10(8)11(13)6-9/h5-6,14-15H,3-4,7,13H2,1-2H3. The molecule has 4 N–H and O–H groups in total. The highest BCUT2D eigenvalue weighted by Gasteiger charge is 2.20. The van der Waals surface area contributed by atoms with Gasteiger partial charge in [0.1, 0.15) is 0 Å². The molecule has 0 atom stereocenters. The lowest BCUT2D eigenvalue weighted by Crippen LogP contribution is -2.26. The summed E-state index contributed by atoms with van der Waals surface area (Å²) in [4.78, 5) is 0. The SMILES string of the molecule is CC(C)(O)c1cc(N)c2c(c1)CCNC2. The molecule has 15 heavy (non-hydrogen) atoms. The smallest absolute Gasteiger partial charge is 0.0841 e. The van der Waals surface area contributed by atoms with E-state index in [0.29, 0.717) is 0 Å². The molecule has 0 saturated carbocycles. The number of hydrogen-bond acceptors (Lipinski definition) is 3. The topological polar surface area (TPSA) is 58.3 Å². The predicted octanol–water partition coefficient (Wildman–Crippen LogP) is 1.14. The molecular weight excluding hydrogens is 188 g/mol. The minimum absolute atomic E-state index is 0.789. The Hall–Kier alpha value is -1.06. The number of nitrogens with one attached hydrogen (secondary N) is 1. The highest BCUT2D eigenvalue weighted by molar-refractivity contribution is 5.55. The number of rotatable bonds is 1. The summed E-state index contributed by atoms with van der Waals surface area (Å²) in [5.74, 6) is 0. The van der Waals surface area contributed by atoms with Gasteiger partial charge in [-0.25, -0.2) is 0 Å². The van der Waals surface area contributed by atoms with Crippen LogP contribution in [0.1, 0.15) is 30.5 Å². The molecular formula is C12H18N2O. The fraction of sp³-hybridized carbons (Fsp3) is 0.500. The third-order valence-electron chi connectivity index (χ3n) is 2.96. The molecule has 0 amide bonds. The van der Waals surface area contributed by atoms with E-state index in [0.717, 1.165) is 30.8 Å². The van der Waals surface area contributed by atoms with E-state index in [9.17, 15) is 5.11 Å². The molecule has 1 aliphatic rings. The average Bonchev–Trinajstić information content (AvgIpc) is 2.16. The van der Waals surface area contributed by atoms with E-state index in [-0.39, 0.29) is 0 Å². The first-order valence-corrected chi connectivity index (χ1v) is 5.33. The number of fused-ring (bicyclic) bond motifs is 1. The van der Waals surface area contributed by atoms with Gasteiger partial charge >= 0.3 is 0 Å². The molecule has 1 heterocycles. The number of anilines is 1. The molecule has 0 spiro atoms. The second-order valence-corrected chi connectivity index (χ2v) is 4.69. The Bertz CT molecular complexity index is 380. The van der Waals surface area contributed by atoms with E-state index >= 15 is 0 Å². The molecule has 0 radical (unpaired) electrons. The van der Waals surface area contributed by atoms with Crippen LogP contribution in [-0.4, -0.2) is 11.7 Å². The van der Waals surface area contributed by atoms with Crippen LogP contribution >= 0.6 is 0 Å². The van der Waals surface area contributed by atoms with E-state index in [1.807, 2.05) is 6.07 Å². The van der Waals surface area contributed by atoms with Crippen molar-refractivity contribution in [1.82, 2.24) is 5.32 Å². The second kappa shape index (κ2) is 3.51. The van der Waals surface area contributed by atoms with E-state index < -0.39 is 5.60 Å². The maximum atomic E-state index is 9.94. The van der Waals surface area contributed by atoms with Crippen LogP contribution in [0.2, 0.25) is 0 Å². The molecule has 1 aliphatic heterocycles.